The van der Waals surface area contributed by atoms with Crippen molar-refractivity contribution >= 4 is 12.2 Å². The van der Waals surface area contributed by atoms with E-state index in [1.54, 1.807) is 13.1 Å². The van der Waals surface area contributed by atoms with Gasteiger partial charge in [-0.2, -0.15) is 0 Å². The van der Waals surface area contributed by atoms with Crippen LogP contribution in [0.25, 0.3) is 11.4 Å². The van der Waals surface area contributed by atoms with E-state index in [0.717, 1.165) is 27.2 Å². The van der Waals surface area contributed by atoms with Gasteiger partial charge in [0.1, 0.15) is 4.64 Å². The van der Waals surface area contributed by atoms with Crippen LogP contribution in [0.2, 0.25) is 0 Å². The van der Waals surface area contributed by atoms with Gasteiger partial charge in [0.2, 0.25) is 0 Å². The highest BCUT2D eigenvalue weighted by atomic mass is 32.1. The standard InChI is InChI=1S/C12H15N3OS/c1-7-5-8(2)12(17)14(3)11(7)9-6-10(16)15(4)13-9/h5-6,13H,1-4H3. The first-order valence-corrected chi connectivity index (χ1v) is 5.76. The Labute approximate surface area is 105 Å². The summed E-state index contributed by atoms with van der Waals surface area (Å²) >= 11 is 5.35. The van der Waals surface area contributed by atoms with Crippen molar-refractivity contribution in [3.63, 3.8) is 0 Å². The normalized spacial score (nSPS) is 10.8. The van der Waals surface area contributed by atoms with Crippen LogP contribution in [0.5, 0.6) is 0 Å². The van der Waals surface area contributed by atoms with Crippen LogP contribution in [-0.2, 0) is 14.1 Å². The number of aromatic amines is 1. The van der Waals surface area contributed by atoms with Gasteiger partial charge in [0.05, 0.1) is 11.4 Å². The molecule has 0 saturated carbocycles. The molecule has 0 aliphatic heterocycles. The molecule has 0 unspecified atom stereocenters. The van der Waals surface area contributed by atoms with Crippen LogP contribution in [0.1, 0.15) is 11.1 Å². The number of hydrogen-bond acceptors (Lipinski definition) is 2. The number of aromatic nitrogens is 3. The summed E-state index contributed by atoms with van der Waals surface area (Å²) in [6, 6.07) is 3.63. The second-order valence-electron chi connectivity index (χ2n) is 4.29. The predicted octanol–water partition coefficient (Wildman–Crippen LogP) is 2.07. The topological polar surface area (TPSA) is 42.7 Å². The van der Waals surface area contributed by atoms with Gasteiger partial charge < -0.3 is 4.57 Å². The first-order valence-electron chi connectivity index (χ1n) is 5.35. The summed E-state index contributed by atoms with van der Waals surface area (Å²) < 4.78 is 4.18. The molecule has 2 rings (SSSR count). The first kappa shape index (κ1) is 11.9. The first-order chi connectivity index (χ1) is 7.91. The summed E-state index contributed by atoms with van der Waals surface area (Å²) in [6.07, 6.45) is 0. The van der Waals surface area contributed by atoms with Gasteiger partial charge in [0.25, 0.3) is 5.56 Å². The largest absolute Gasteiger partial charge is 0.334 e. The quantitative estimate of drug-likeness (QED) is 0.786. The van der Waals surface area contributed by atoms with Gasteiger partial charge in [-0.1, -0.05) is 18.3 Å². The van der Waals surface area contributed by atoms with E-state index in [1.165, 1.54) is 4.68 Å². The minimum atomic E-state index is -0.0501. The van der Waals surface area contributed by atoms with Crippen molar-refractivity contribution < 1.29 is 0 Å². The second-order valence-corrected chi connectivity index (χ2v) is 4.68. The SMILES string of the molecule is Cc1cc(C)c(=S)n(C)c1-c1cc(=O)n(C)[nH]1. The fraction of sp³-hybridized carbons (Fsp3) is 0.333. The summed E-state index contributed by atoms with van der Waals surface area (Å²) in [7, 11) is 3.62. The summed E-state index contributed by atoms with van der Waals surface area (Å²) in [5.41, 5.74) is 3.87. The van der Waals surface area contributed by atoms with Gasteiger partial charge in [-0.05, 0) is 25.0 Å². The van der Waals surface area contributed by atoms with E-state index in [4.69, 9.17) is 12.2 Å². The van der Waals surface area contributed by atoms with Crippen LogP contribution in [0.3, 0.4) is 0 Å². The molecule has 0 fully saturated rings. The van der Waals surface area contributed by atoms with Gasteiger partial charge in [0, 0.05) is 20.2 Å². The number of rotatable bonds is 1. The van der Waals surface area contributed by atoms with Gasteiger partial charge in [-0.3, -0.25) is 14.6 Å². The third-order valence-electron chi connectivity index (χ3n) is 2.93. The molecule has 4 nitrogen and oxygen atoms in total. The smallest absolute Gasteiger partial charge is 0.266 e. The van der Waals surface area contributed by atoms with Crippen molar-refractivity contribution in [2.75, 3.05) is 0 Å². The van der Waals surface area contributed by atoms with Gasteiger partial charge >= 0.3 is 0 Å². The zero-order valence-corrected chi connectivity index (χ0v) is 11.2. The lowest BCUT2D eigenvalue weighted by atomic mass is 10.1. The van der Waals surface area contributed by atoms with Gasteiger partial charge in [-0.25, -0.2) is 0 Å². The Hall–Kier alpha value is -1.62. The Kier molecular flexibility index (Phi) is 2.79. The lowest BCUT2D eigenvalue weighted by Gasteiger charge is -2.12. The highest BCUT2D eigenvalue weighted by Gasteiger charge is 2.10. The maximum absolute atomic E-state index is 11.5. The molecule has 0 aliphatic carbocycles. The zero-order chi connectivity index (χ0) is 12.7. The molecule has 2 aromatic rings. The summed E-state index contributed by atoms with van der Waals surface area (Å²) in [5.74, 6) is 0. The molecule has 17 heavy (non-hydrogen) atoms. The minimum absolute atomic E-state index is 0.0501. The van der Waals surface area contributed by atoms with Crippen molar-refractivity contribution in [1.29, 1.82) is 0 Å². The number of aryl methyl sites for hydroxylation is 3. The number of hydrogen-bond donors (Lipinski definition) is 1. The van der Waals surface area contributed by atoms with E-state index >= 15 is 0 Å². The average Bonchev–Trinajstić information content (AvgIpc) is 2.56. The molecule has 2 aromatic heterocycles. The second kappa shape index (κ2) is 4.00. The van der Waals surface area contributed by atoms with E-state index in [0.29, 0.717) is 0 Å². The van der Waals surface area contributed by atoms with Gasteiger partial charge in [-0.15, -0.1) is 0 Å². The Morgan fingerprint density at radius 1 is 1.18 bits per heavy atom. The van der Waals surface area contributed by atoms with Crippen LogP contribution in [-0.4, -0.2) is 14.3 Å². The number of pyridine rings is 1. The zero-order valence-electron chi connectivity index (χ0n) is 10.4. The fourth-order valence-electron chi connectivity index (χ4n) is 2.09. The van der Waals surface area contributed by atoms with E-state index in [2.05, 4.69) is 5.10 Å². The maximum atomic E-state index is 11.5. The highest BCUT2D eigenvalue weighted by Crippen LogP contribution is 2.21. The third kappa shape index (κ3) is 1.86. The third-order valence-corrected chi connectivity index (χ3v) is 3.52. The molecule has 0 spiro atoms. The summed E-state index contributed by atoms with van der Waals surface area (Å²) in [6.45, 7) is 4.01. The molecule has 90 valence electrons. The van der Waals surface area contributed by atoms with Crippen molar-refractivity contribution in [3.8, 4) is 11.4 Å². The van der Waals surface area contributed by atoms with Crippen LogP contribution >= 0.6 is 12.2 Å². The number of nitrogens with zero attached hydrogens (tertiary/aromatic N) is 2. The molecule has 0 aromatic carbocycles. The molecule has 0 saturated heterocycles. The molecule has 0 radical (unpaired) electrons. The minimum Gasteiger partial charge on any atom is -0.334 e. The van der Waals surface area contributed by atoms with E-state index in [1.807, 2.05) is 31.5 Å². The molecule has 5 heteroatoms. The fourth-order valence-corrected chi connectivity index (χ4v) is 2.24. The van der Waals surface area contributed by atoms with Crippen LogP contribution in [0, 0.1) is 18.5 Å². The highest BCUT2D eigenvalue weighted by molar-refractivity contribution is 7.71. The Balaban J connectivity index is 2.80. The molecule has 0 atom stereocenters. The van der Waals surface area contributed by atoms with E-state index in [9.17, 15) is 4.79 Å². The van der Waals surface area contributed by atoms with Crippen LogP contribution in [0.15, 0.2) is 16.9 Å². The maximum Gasteiger partial charge on any atom is 0.266 e. The lowest BCUT2D eigenvalue weighted by molar-refractivity contribution is 0.738. The molecule has 0 aliphatic rings. The van der Waals surface area contributed by atoms with Crippen molar-refractivity contribution in [2.45, 2.75) is 13.8 Å². The van der Waals surface area contributed by atoms with Crippen LogP contribution < -0.4 is 5.56 Å². The lowest BCUT2D eigenvalue weighted by Crippen LogP contribution is -2.09. The van der Waals surface area contributed by atoms with Crippen LogP contribution in [0.4, 0.5) is 0 Å². The average molecular weight is 249 g/mol. The molecular formula is C12H15N3OS. The number of nitrogens with one attached hydrogen (secondary N) is 1. The summed E-state index contributed by atoms with van der Waals surface area (Å²) in [4.78, 5) is 11.5. The van der Waals surface area contributed by atoms with Crippen molar-refractivity contribution in [3.05, 3.63) is 38.3 Å². The number of H-pyrrole nitrogens is 1. The van der Waals surface area contributed by atoms with E-state index in [-0.39, 0.29) is 5.56 Å². The van der Waals surface area contributed by atoms with E-state index < -0.39 is 0 Å². The molecule has 1 N–H and O–H groups in total. The molecule has 0 bridgehead atoms. The summed E-state index contributed by atoms with van der Waals surface area (Å²) in [5, 5.41) is 3.03. The predicted molar refractivity (Wildman–Crippen MR) is 70.7 cm³/mol. The van der Waals surface area contributed by atoms with Crippen molar-refractivity contribution in [1.82, 2.24) is 14.3 Å². The molecular weight excluding hydrogens is 234 g/mol. The molecule has 2 heterocycles. The Morgan fingerprint density at radius 3 is 2.35 bits per heavy atom. The van der Waals surface area contributed by atoms with Crippen molar-refractivity contribution in [2.24, 2.45) is 14.1 Å². The Morgan fingerprint density at radius 2 is 1.82 bits per heavy atom. The molecule has 0 amide bonds. The Bertz CT molecular complexity index is 691. The monoisotopic (exact) mass is 249 g/mol. The van der Waals surface area contributed by atoms with Gasteiger partial charge in [0.15, 0.2) is 0 Å².